The fourth-order valence-electron chi connectivity index (χ4n) is 4.31. The van der Waals surface area contributed by atoms with Crippen molar-refractivity contribution in [3.8, 4) is 0 Å². The number of ether oxygens (including phenoxy) is 1. The molecule has 0 spiro atoms. The number of carbonyl (C=O) groups is 2. The zero-order valence-corrected chi connectivity index (χ0v) is 19.0. The predicted octanol–water partition coefficient (Wildman–Crippen LogP) is 3.45. The molecule has 3 aliphatic rings. The number of carbonyl (C=O) groups excluding carboxylic acids is 2. The van der Waals surface area contributed by atoms with Crippen LogP contribution in [0, 0.1) is 0 Å². The monoisotopic (exact) mass is 444 g/mol. The highest BCUT2D eigenvalue weighted by atomic mass is 16.7. The average molecular weight is 445 g/mol. The third-order valence-corrected chi connectivity index (χ3v) is 5.81. The maximum atomic E-state index is 13.0. The van der Waals surface area contributed by atoms with Crippen molar-refractivity contribution >= 4 is 17.8 Å². The Kier molecular flexibility index (Phi) is 6.55. The third-order valence-electron chi connectivity index (χ3n) is 5.81. The highest BCUT2D eigenvalue weighted by molar-refractivity contribution is 5.94. The summed E-state index contributed by atoms with van der Waals surface area (Å²) in [4.78, 5) is 38.1. The van der Waals surface area contributed by atoms with Crippen LogP contribution < -0.4 is 5.32 Å². The van der Waals surface area contributed by atoms with Crippen LogP contribution in [0.15, 0.2) is 35.5 Å². The largest absolute Gasteiger partial charge is 0.444 e. The van der Waals surface area contributed by atoms with Crippen molar-refractivity contribution in [1.29, 1.82) is 0 Å². The molecule has 0 aliphatic carbocycles. The van der Waals surface area contributed by atoms with Gasteiger partial charge in [-0.3, -0.25) is 4.84 Å². The third kappa shape index (κ3) is 5.32. The molecule has 0 saturated carbocycles. The summed E-state index contributed by atoms with van der Waals surface area (Å²) in [5.41, 5.74) is 1.40. The molecule has 9 nitrogen and oxygen atoms in total. The second-order valence-electron chi connectivity index (χ2n) is 9.50. The molecule has 1 N–H and O–H groups in total. The number of nitrogens with one attached hydrogen (secondary N) is 1. The minimum atomic E-state index is -0.524. The SMILES string of the molecule is CC(C)(C)OC(=O)NCCC1CC([C@@H]2CC[C@@H]3CN2C(=O)N3OCc2ccccc2)=NO1. The van der Waals surface area contributed by atoms with Crippen molar-refractivity contribution in [1.82, 2.24) is 15.3 Å². The summed E-state index contributed by atoms with van der Waals surface area (Å²) in [7, 11) is 0. The van der Waals surface area contributed by atoms with Crippen LogP contribution in [0.4, 0.5) is 9.59 Å². The summed E-state index contributed by atoms with van der Waals surface area (Å²) in [6, 6.07) is 9.74. The zero-order valence-electron chi connectivity index (χ0n) is 19.0. The van der Waals surface area contributed by atoms with Crippen LogP contribution in [-0.2, 0) is 21.0 Å². The van der Waals surface area contributed by atoms with Gasteiger partial charge < -0.3 is 19.8 Å². The van der Waals surface area contributed by atoms with E-state index >= 15 is 0 Å². The Morgan fingerprint density at radius 2 is 2.03 bits per heavy atom. The Bertz CT molecular complexity index is 854. The Morgan fingerprint density at radius 3 is 2.78 bits per heavy atom. The minimum Gasteiger partial charge on any atom is -0.444 e. The highest BCUT2D eigenvalue weighted by Gasteiger charge is 2.48. The summed E-state index contributed by atoms with van der Waals surface area (Å²) in [5, 5.41) is 8.57. The van der Waals surface area contributed by atoms with Gasteiger partial charge in [0.25, 0.3) is 0 Å². The Morgan fingerprint density at radius 1 is 1.25 bits per heavy atom. The number of benzene rings is 1. The van der Waals surface area contributed by atoms with Crippen LogP contribution in [0.5, 0.6) is 0 Å². The van der Waals surface area contributed by atoms with Crippen molar-refractivity contribution in [3.63, 3.8) is 0 Å². The molecule has 0 radical (unpaired) electrons. The van der Waals surface area contributed by atoms with E-state index in [4.69, 9.17) is 14.4 Å². The maximum Gasteiger partial charge on any atom is 0.407 e. The average Bonchev–Trinajstić information content (AvgIpc) is 3.30. The van der Waals surface area contributed by atoms with Crippen LogP contribution in [0.3, 0.4) is 0 Å². The smallest absolute Gasteiger partial charge is 0.407 e. The molecular weight excluding hydrogens is 412 g/mol. The van der Waals surface area contributed by atoms with Crippen LogP contribution in [0.2, 0.25) is 0 Å². The molecule has 0 aromatic heterocycles. The number of hydrogen-bond donors (Lipinski definition) is 1. The Labute approximate surface area is 188 Å². The Hall–Kier alpha value is -2.81. The fraction of sp³-hybridized carbons (Fsp3) is 0.609. The maximum absolute atomic E-state index is 13.0. The van der Waals surface area contributed by atoms with Gasteiger partial charge in [-0.25, -0.2) is 9.59 Å². The normalized spacial score (nSPS) is 24.9. The van der Waals surface area contributed by atoms with E-state index in [1.165, 1.54) is 5.06 Å². The first-order valence-corrected chi connectivity index (χ1v) is 11.3. The second kappa shape index (κ2) is 9.36. The number of piperidine rings is 1. The van der Waals surface area contributed by atoms with Crippen LogP contribution in [0.25, 0.3) is 0 Å². The van der Waals surface area contributed by atoms with Crippen LogP contribution in [0.1, 0.15) is 52.0 Å². The van der Waals surface area contributed by atoms with Gasteiger partial charge in [0.2, 0.25) is 0 Å². The lowest BCUT2D eigenvalue weighted by Crippen LogP contribution is -2.45. The first-order chi connectivity index (χ1) is 15.3. The number of urea groups is 1. The van der Waals surface area contributed by atoms with E-state index in [0.29, 0.717) is 32.5 Å². The van der Waals surface area contributed by atoms with Gasteiger partial charge in [0.1, 0.15) is 18.3 Å². The molecule has 1 aromatic carbocycles. The molecular formula is C23H32N4O5. The lowest BCUT2D eigenvalue weighted by atomic mass is 9.94. The van der Waals surface area contributed by atoms with Crippen molar-refractivity contribution in [2.45, 2.75) is 76.9 Å². The number of fused-ring (bicyclic) bond motifs is 2. The number of hydroxylamine groups is 2. The number of nitrogens with zero attached hydrogens (tertiary/aromatic N) is 3. The van der Waals surface area contributed by atoms with Gasteiger partial charge in [0.05, 0.1) is 17.8 Å². The van der Waals surface area contributed by atoms with Crippen molar-refractivity contribution < 1.29 is 24.0 Å². The molecule has 4 rings (SSSR count). The van der Waals surface area contributed by atoms with Gasteiger partial charge in [-0.1, -0.05) is 35.5 Å². The zero-order chi connectivity index (χ0) is 22.7. The molecule has 3 amide bonds. The van der Waals surface area contributed by atoms with Crippen LogP contribution >= 0.6 is 0 Å². The number of rotatable bonds is 7. The predicted molar refractivity (Wildman–Crippen MR) is 118 cm³/mol. The summed E-state index contributed by atoms with van der Waals surface area (Å²) in [6.07, 6.45) is 2.44. The van der Waals surface area contributed by atoms with Gasteiger partial charge in [-0.2, -0.15) is 5.06 Å². The number of hydrogen-bond acceptors (Lipinski definition) is 6. The van der Waals surface area contributed by atoms with E-state index in [0.717, 1.165) is 24.1 Å². The molecule has 3 atom stereocenters. The van der Waals surface area contributed by atoms with Gasteiger partial charge in [-0.05, 0) is 39.2 Å². The summed E-state index contributed by atoms with van der Waals surface area (Å²) in [6.45, 7) is 6.94. The quantitative estimate of drug-likeness (QED) is 0.695. The number of amides is 3. The molecule has 1 aromatic rings. The van der Waals surface area contributed by atoms with Gasteiger partial charge in [0.15, 0.2) is 0 Å². The lowest BCUT2D eigenvalue weighted by Gasteiger charge is -2.29. The number of alkyl carbamates (subject to hydrolysis) is 1. The molecule has 2 fully saturated rings. The minimum absolute atomic E-state index is 0.0621. The molecule has 9 heteroatoms. The fourth-order valence-corrected chi connectivity index (χ4v) is 4.31. The summed E-state index contributed by atoms with van der Waals surface area (Å²) >= 11 is 0. The van der Waals surface area contributed by atoms with E-state index in [-0.39, 0.29) is 24.2 Å². The molecule has 2 saturated heterocycles. The molecule has 2 bridgehead atoms. The lowest BCUT2D eigenvalue weighted by molar-refractivity contribution is -0.140. The summed E-state index contributed by atoms with van der Waals surface area (Å²) in [5.74, 6) is 0. The summed E-state index contributed by atoms with van der Waals surface area (Å²) < 4.78 is 5.24. The molecule has 3 heterocycles. The van der Waals surface area contributed by atoms with Gasteiger partial charge in [-0.15, -0.1) is 0 Å². The van der Waals surface area contributed by atoms with E-state index in [9.17, 15) is 9.59 Å². The standard InChI is InChI=1S/C23H32N4O5/c1-23(2,3)31-21(28)24-12-11-18-13-19(25-32-18)20-10-9-17-14-26(20)22(29)27(17)30-15-16-7-5-4-6-8-16/h4-8,17-18,20H,9-15H2,1-3H3,(H,24,28)/t17-,18?,20+/m1/s1. The Balaban J connectivity index is 1.24. The highest BCUT2D eigenvalue weighted by Crippen LogP contribution is 2.33. The molecule has 174 valence electrons. The van der Waals surface area contributed by atoms with Crippen molar-refractivity contribution in [3.05, 3.63) is 35.9 Å². The van der Waals surface area contributed by atoms with E-state index < -0.39 is 11.7 Å². The molecule has 3 aliphatic heterocycles. The van der Waals surface area contributed by atoms with Crippen LogP contribution in [-0.4, -0.2) is 64.7 Å². The first-order valence-electron chi connectivity index (χ1n) is 11.3. The topological polar surface area (TPSA) is 92.7 Å². The van der Waals surface area contributed by atoms with Gasteiger partial charge >= 0.3 is 12.1 Å². The number of oxime groups is 1. The first kappa shape index (κ1) is 22.4. The van der Waals surface area contributed by atoms with Crippen molar-refractivity contribution in [2.24, 2.45) is 5.16 Å². The molecule has 1 unspecified atom stereocenters. The van der Waals surface area contributed by atoms with Crippen molar-refractivity contribution in [2.75, 3.05) is 13.1 Å². The second-order valence-corrected chi connectivity index (χ2v) is 9.50. The van der Waals surface area contributed by atoms with E-state index in [1.807, 2.05) is 56.0 Å². The van der Waals surface area contributed by atoms with E-state index in [2.05, 4.69) is 10.5 Å². The van der Waals surface area contributed by atoms with Gasteiger partial charge in [0, 0.05) is 25.9 Å². The molecule has 32 heavy (non-hydrogen) atoms. The van der Waals surface area contributed by atoms with E-state index in [1.54, 1.807) is 0 Å².